The largest absolute Gasteiger partial charge is 0.497 e. The second-order valence-corrected chi connectivity index (χ2v) is 4.44. The molecule has 6 nitrogen and oxygen atoms in total. The molecule has 0 saturated heterocycles. The monoisotopic (exact) mass is 282 g/mol. The van der Waals surface area contributed by atoms with Crippen molar-refractivity contribution in [1.82, 2.24) is 0 Å². The first-order valence-corrected chi connectivity index (χ1v) is 6.07. The fraction of sp³-hybridized carbons (Fsp3) is 0.429. The van der Waals surface area contributed by atoms with Gasteiger partial charge in [-0.15, -0.1) is 0 Å². The molecule has 0 unspecified atom stereocenters. The number of ether oxygens (including phenoxy) is 2. The summed E-state index contributed by atoms with van der Waals surface area (Å²) in [7, 11) is 2.79. The Morgan fingerprint density at radius 3 is 2.35 bits per heavy atom. The third-order valence-corrected chi connectivity index (χ3v) is 2.74. The van der Waals surface area contributed by atoms with Gasteiger partial charge < -0.3 is 19.7 Å². The molecule has 0 spiro atoms. The van der Waals surface area contributed by atoms with E-state index in [9.17, 15) is 19.8 Å². The van der Waals surface area contributed by atoms with Gasteiger partial charge in [0.15, 0.2) is 0 Å². The van der Waals surface area contributed by atoms with Crippen molar-refractivity contribution in [3.63, 3.8) is 0 Å². The molecule has 1 atom stereocenters. The highest BCUT2D eigenvalue weighted by Crippen LogP contribution is 2.29. The van der Waals surface area contributed by atoms with Crippen LogP contribution < -0.4 is 9.47 Å². The molecule has 1 rings (SSSR count). The second kappa shape index (κ2) is 6.91. The van der Waals surface area contributed by atoms with Crippen LogP contribution in [0.1, 0.15) is 29.3 Å². The number of Topliss-reactive ketones (excluding diaryl/α,β-unsaturated/α-hetero) is 1. The molecule has 0 fully saturated rings. The number of carboxylic acids is 1. The predicted molar refractivity (Wildman–Crippen MR) is 71.5 cm³/mol. The molecule has 1 aromatic rings. The van der Waals surface area contributed by atoms with Gasteiger partial charge in [0.1, 0.15) is 22.8 Å². The molecular formula is C14H18O6. The zero-order chi connectivity index (χ0) is 15.3. The first-order chi connectivity index (χ1) is 9.38. The Labute approximate surface area is 116 Å². The smallest absolute Gasteiger partial charge is 0.339 e. The molecule has 20 heavy (non-hydrogen) atoms. The average molecular weight is 282 g/mol. The van der Waals surface area contributed by atoms with Gasteiger partial charge in [0, 0.05) is 18.9 Å². The van der Waals surface area contributed by atoms with Crippen molar-refractivity contribution in [3.8, 4) is 11.5 Å². The molecule has 0 heterocycles. The van der Waals surface area contributed by atoms with Crippen LogP contribution in [0.4, 0.5) is 0 Å². The van der Waals surface area contributed by atoms with E-state index in [1.165, 1.54) is 33.3 Å². The lowest BCUT2D eigenvalue weighted by molar-refractivity contribution is -0.120. The Hall–Kier alpha value is -2.08. The number of benzene rings is 1. The van der Waals surface area contributed by atoms with Gasteiger partial charge in [-0.25, -0.2) is 4.79 Å². The van der Waals surface area contributed by atoms with Crippen molar-refractivity contribution in [2.45, 2.75) is 25.9 Å². The molecule has 1 aromatic carbocycles. The molecule has 0 radical (unpaired) electrons. The van der Waals surface area contributed by atoms with E-state index in [0.29, 0.717) is 11.3 Å². The van der Waals surface area contributed by atoms with Crippen molar-refractivity contribution >= 4 is 11.8 Å². The zero-order valence-corrected chi connectivity index (χ0v) is 11.7. The highest BCUT2D eigenvalue weighted by atomic mass is 16.5. The highest BCUT2D eigenvalue weighted by Gasteiger charge is 2.20. The van der Waals surface area contributed by atoms with E-state index in [1.807, 2.05) is 0 Å². The van der Waals surface area contributed by atoms with Crippen LogP contribution in [-0.4, -0.2) is 42.3 Å². The first-order valence-electron chi connectivity index (χ1n) is 6.07. The van der Waals surface area contributed by atoms with Gasteiger partial charge >= 0.3 is 5.97 Å². The highest BCUT2D eigenvalue weighted by molar-refractivity contribution is 5.95. The van der Waals surface area contributed by atoms with E-state index in [-0.39, 0.29) is 29.9 Å². The number of methoxy groups -OCH3 is 2. The fourth-order valence-electron chi connectivity index (χ4n) is 1.92. The number of aliphatic hydroxyl groups excluding tert-OH is 1. The van der Waals surface area contributed by atoms with Crippen molar-refractivity contribution in [3.05, 3.63) is 23.3 Å². The van der Waals surface area contributed by atoms with Gasteiger partial charge in [0.05, 0.1) is 20.3 Å². The van der Waals surface area contributed by atoms with Crippen molar-refractivity contribution < 1.29 is 29.3 Å². The molecule has 0 aliphatic carbocycles. The lowest BCUT2D eigenvalue weighted by atomic mass is 9.98. The van der Waals surface area contributed by atoms with E-state index in [4.69, 9.17) is 9.47 Å². The number of aromatic carboxylic acids is 1. The number of carbonyl (C=O) groups is 2. The number of hydrogen-bond donors (Lipinski definition) is 2. The van der Waals surface area contributed by atoms with Gasteiger partial charge in [-0.3, -0.25) is 4.79 Å². The first kappa shape index (κ1) is 16.0. The van der Waals surface area contributed by atoms with Crippen molar-refractivity contribution in [2.24, 2.45) is 0 Å². The summed E-state index contributed by atoms with van der Waals surface area (Å²) in [5.41, 5.74) is 0.242. The Bertz CT molecular complexity index is 507. The number of aliphatic hydroxyl groups is 1. The number of hydrogen-bond acceptors (Lipinski definition) is 5. The number of carbonyl (C=O) groups excluding carboxylic acids is 1. The summed E-state index contributed by atoms with van der Waals surface area (Å²) in [4.78, 5) is 23.1. The number of rotatable bonds is 7. The van der Waals surface area contributed by atoms with E-state index >= 15 is 0 Å². The SMILES string of the molecule is COc1cc(CC(=O)C[C@H](C)O)c(C(=O)O)c(OC)c1. The number of ketones is 1. The second-order valence-electron chi connectivity index (χ2n) is 4.44. The third kappa shape index (κ3) is 3.96. The summed E-state index contributed by atoms with van der Waals surface area (Å²) in [6, 6.07) is 2.94. The molecule has 0 aliphatic heterocycles. The molecule has 0 amide bonds. The normalized spacial score (nSPS) is 11.8. The van der Waals surface area contributed by atoms with E-state index in [2.05, 4.69) is 0 Å². The van der Waals surface area contributed by atoms with Crippen LogP contribution in [0.25, 0.3) is 0 Å². The quantitative estimate of drug-likeness (QED) is 0.782. The minimum atomic E-state index is -1.18. The third-order valence-electron chi connectivity index (χ3n) is 2.74. The molecular weight excluding hydrogens is 264 g/mol. The van der Waals surface area contributed by atoms with Crippen molar-refractivity contribution in [1.29, 1.82) is 0 Å². The van der Waals surface area contributed by atoms with Gasteiger partial charge in [0.2, 0.25) is 0 Å². The van der Waals surface area contributed by atoms with Gasteiger partial charge in [-0.05, 0) is 18.6 Å². The maximum atomic E-state index is 11.8. The Morgan fingerprint density at radius 2 is 1.90 bits per heavy atom. The molecule has 2 N–H and O–H groups in total. The van der Waals surface area contributed by atoms with Crippen LogP contribution in [0.3, 0.4) is 0 Å². The summed E-state index contributed by atoms with van der Waals surface area (Å²) >= 11 is 0. The van der Waals surface area contributed by atoms with Crippen LogP contribution in [0.2, 0.25) is 0 Å². The molecule has 0 saturated carbocycles. The summed E-state index contributed by atoms with van der Waals surface area (Å²) < 4.78 is 10.1. The molecule has 110 valence electrons. The zero-order valence-electron chi connectivity index (χ0n) is 11.7. The average Bonchev–Trinajstić information content (AvgIpc) is 2.35. The minimum Gasteiger partial charge on any atom is -0.497 e. The maximum Gasteiger partial charge on any atom is 0.339 e. The van der Waals surface area contributed by atoms with Crippen LogP contribution >= 0.6 is 0 Å². The molecule has 0 aliphatic rings. The summed E-state index contributed by atoms with van der Waals surface area (Å²) in [6.45, 7) is 1.50. The molecule has 0 bridgehead atoms. The van der Waals surface area contributed by atoms with Gasteiger partial charge in [0.25, 0.3) is 0 Å². The summed E-state index contributed by atoms with van der Waals surface area (Å²) in [6.07, 6.45) is -0.887. The molecule has 0 aromatic heterocycles. The maximum absolute atomic E-state index is 11.8. The minimum absolute atomic E-state index is 0.0292. The standard InChI is InChI=1S/C14H18O6/c1-8(15)4-10(16)5-9-6-11(19-2)7-12(20-3)13(9)14(17)18/h6-8,15H,4-5H2,1-3H3,(H,17,18)/t8-/m0/s1. The van der Waals surface area contributed by atoms with Crippen LogP contribution in [0, 0.1) is 0 Å². The van der Waals surface area contributed by atoms with Crippen LogP contribution in [0.15, 0.2) is 12.1 Å². The van der Waals surface area contributed by atoms with Crippen molar-refractivity contribution in [2.75, 3.05) is 14.2 Å². The Kier molecular flexibility index (Phi) is 5.52. The fourth-order valence-corrected chi connectivity index (χ4v) is 1.92. The van der Waals surface area contributed by atoms with E-state index in [1.54, 1.807) is 0 Å². The lowest BCUT2D eigenvalue weighted by Gasteiger charge is -2.13. The Balaban J connectivity index is 3.20. The lowest BCUT2D eigenvalue weighted by Crippen LogP contribution is -2.14. The van der Waals surface area contributed by atoms with E-state index in [0.717, 1.165) is 0 Å². The van der Waals surface area contributed by atoms with E-state index < -0.39 is 12.1 Å². The topological polar surface area (TPSA) is 93.1 Å². The molecule has 6 heteroatoms. The van der Waals surface area contributed by atoms with Crippen LogP contribution in [-0.2, 0) is 11.2 Å². The van der Waals surface area contributed by atoms with Gasteiger partial charge in [-0.2, -0.15) is 0 Å². The van der Waals surface area contributed by atoms with Gasteiger partial charge in [-0.1, -0.05) is 0 Å². The number of carboxylic acid groups (broad SMARTS) is 1. The summed E-state index contributed by atoms with van der Waals surface area (Å²) in [5.74, 6) is -0.884. The van der Waals surface area contributed by atoms with Crippen LogP contribution in [0.5, 0.6) is 11.5 Å². The predicted octanol–water partition coefficient (Wildman–Crippen LogP) is 1.28. The summed E-state index contributed by atoms with van der Waals surface area (Å²) in [5, 5.41) is 18.4. The Morgan fingerprint density at radius 1 is 1.25 bits per heavy atom.